The Kier molecular flexibility index (Phi) is 4.05. The minimum absolute atomic E-state index is 0.149. The Balaban J connectivity index is 2.42. The highest BCUT2D eigenvalue weighted by atomic mass is 79.9. The average molecular weight is 299 g/mol. The van der Waals surface area contributed by atoms with Gasteiger partial charge in [-0.15, -0.1) is 0 Å². The van der Waals surface area contributed by atoms with Gasteiger partial charge in [-0.2, -0.15) is 0 Å². The zero-order valence-electron chi connectivity index (χ0n) is 9.74. The summed E-state index contributed by atoms with van der Waals surface area (Å²) in [6, 6.07) is 3.94. The summed E-state index contributed by atoms with van der Waals surface area (Å²) in [5.74, 6) is 1.69. The summed E-state index contributed by atoms with van der Waals surface area (Å²) in [7, 11) is 0. The molecule has 1 aliphatic heterocycles. The number of hydrogen-bond acceptors (Lipinski definition) is 3. The Morgan fingerprint density at radius 1 is 1.35 bits per heavy atom. The number of fused-ring (bicyclic) bond motifs is 1. The van der Waals surface area contributed by atoms with Gasteiger partial charge >= 0.3 is 0 Å². The SMILES string of the molecule is CC(CC=O)c1ccc(Br)c2c1OCCCO2. The van der Waals surface area contributed by atoms with Gasteiger partial charge in [0.15, 0.2) is 11.5 Å². The molecule has 0 fully saturated rings. The van der Waals surface area contributed by atoms with Gasteiger partial charge in [0.25, 0.3) is 0 Å². The Morgan fingerprint density at radius 2 is 2.06 bits per heavy atom. The van der Waals surface area contributed by atoms with E-state index in [1.54, 1.807) is 0 Å². The zero-order chi connectivity index (χ0) is 12.3. The standard InChI is InChI=1S/C13H15BrO3/c1-9(5-6-15)10-3-4-11(14)13-12(10)16-7-2-8-17-13/h3-4,6,9H,2,5,7-8H2,1H3. The van der Waals surface area contributed by atoms with Crippen LogP contribution in [0.1, 0.15) is 31.2 Å². The van der Waals surface area contributed by atoms with Crippen molar-refractivity contribution in [3.63, 3.8) is 0 Å². The van der Waals surface area contributed by atoms with Crippen molar-refractivity contribution in [2.45, 2.75) is 25.7 Å². The molecule has 1 unspecified atom stereocenters. The van der Waals surface area contributed by atoms with Crippen LogP contribution >= 0.6 is 15.9 Å². The maximum atomic E-state index is 10.6. The quantitative estimate of drug-likeness (QED) is 0.803. The summed E-state index contributed by atoms with van der Waals surface area (Å²) in [6.07, 6.45) is 2.32. The van der Waals surface area contributed by atoms with Gasteiger partial charge in [0.2, 0.25) is 0 Å². The van der Waals surface area contributed by atoms with Crippen LogP contribution in [0.15, 0.2) is 16.6 Å². The van der Waals surface area contributed by atoms with Crippen molar-refractivity contribution in [3.8, 4) is 11.5 Å². The summed E-state index contributed by atoms with van der Waals surface area (Å²) in [5, 5.41) is 0. The summed E-state index contributed by atoms with van der Waals surface area (Å²) in [5.41, 5.74) is 1.04. The molecule has 1 aromatic rings. The molecule has 0 amide bonds. The fraction of sp³-hybridized carbons (Fsp3) is 0.462. The van der Waals surface area contributed by atoms with Crippen LogP contribution in [0.2, 0.25) is 0 Å². The fourth-order valence-corrected chi connectivity index (χ4v) is 2.33. The molecule has 92 valence electrons. The van der Waals surface area contributed by atoms with Gasteiger partial charge in [0.1, 0.15) is 6.29 Å². The lowest BCUT2D eigenvalue weighted by atomic mass is 9.97. The molecule has 0 N–H and O–H groups in total. The number of carbonyl (C=O) groups is 1. The van der Waals surface area contributed by atoms with Gasteiger partial charge in [0.05, 0.1) is 17.7 Å². The van der Waals surface area contributed by atoms with E-state index in [4.69, 9.17) is 9.47 Å². The third kappa shape index (κ3) is 2.63. The molecule has 0 bridgehead atoms. The molecule has 4 heteroatoms. The highest BCUT2D eigenvalue weighted by Crippen LogP contribution is 2.42. The van der Waals surface area contributed by atoms with E-state index < -0.39 is 0 Å². The molecule has 0 aliphatic carbocycles. The van der Waals surface area contributed by atoms with Crippen LogP contribution in [0.3, 0.4) is 0 Å². The second kappa shape index (κ2) is 5.54. The number of aldehydes is 1. The van der Waals surface area contributed by atoms with Crippen LogP contribution in [-0.4, -0.2) is 19.5 Å². The Bertz CT molecular complexity index is 417. The van der Waals surface area contributed by atoms with Crippen molar-refractivity contribution >= 4 is 22.2 Å². The predicted octanol–water partition coefficient (Wildman–Crippen LogP) is 3.30. The van der Waals surface area contributed by atoms with Crippen LogP contribution in [0.5, 0.6) is 11.5 Å². The minimum atomic E-state index is 0.149. The Hall–Kier alpha value is -1.03. The molecule has 2 rings (SSSR count). The van der Waals surface area contributed by atoms with Crippen molar-refractivity contribution in [1.29, 1.82) is 0 Å². The third-order valence-corrected chi connectivity index (χ3v) is 3.48. The Morgan fingerprint density at radius 3 is 2.76 bits per heavy atom. The molecule has 17 heavy (non-hydrogen) atoms. The molecule has 1 aromatic carbocycles. The van der Waals surface area contributed by atoms with Crippen LogP contribution in [0.25, 0.3) is 0 Å². The molecule has 0 aromatic heterocycles. The summed E-state index contributed by atoms with van der Waals surface area (Å²) < 4.78 is 12.3. The van der Waals surface area contributed by atoms with E-state index in [1.165, 1.54) is 0 Å². The van der Waals surface area contributed by atoms with E-state index in [1.807, 2.05) is 19.1 Å². The molecular formula is C13H15BrO3. The molecular weight excluding hydrogens is 284 g/mol. The molecule has 1 atom stereocenters. The molecule has 1 aliphatic rings. The first-order chi connectivity index (χ1) is 8.24. The number of hydrogen-bond donors (Lipinski definition) is 0. The first-order valence-electron chi connectivity index (χ1n) is 5.75. The van der Waals surface area contributed by atoms with E-state index in [-0.39, 0.29) is 5.92 Å². The number of halogens is 1. The second-order valence-electron chi connectivity index (χ2n) is 4.15. The highest BCUT2D eigenvalue weighted by Gasteiger charge is 2.20. The molecule has 0 spiro atoms. The molecule has 0 radical (unpaired) electrons. The smallest absolute Gasteiger partial charge is 0.175 e. The first-order valence-corrected chi connectivity index (χ1v) is 6.55. The molecule has 1 heterocycles. The van der Waals surface area contributed by atoms with E-state index in [0.717, 1.165) is 34.2 Å². The minimum Gasteiger partial charge on any atom is -0.489 e. The molecule has 0 saturated heterocycles. The maximum absolute atomic E-state index is 10.6. The Labute approximate surface area is 109 Å². The van der Waals surface area contributed by atoms with Gasteiger partial charge < -0.3 is 14.3 Å². The maximum Gasteiger partial charge on any atom is 0.175 e. The number of carbonyl (C=O) groups excluding carboxylic acids is 1. The summed E-state index contributed by atoms with van der Waals surface area (Å²) in [4.78, 5) is 10.6. The lowest BCUT2D eigenvalue weighted by Gasteiger charge is -2.17. The van der Waals surface area contributed by atoms with E-state index >= 15 is 0 Å². The van der Waals surface area contributed by atoms with Gasteiger partial charge in [-0.05, 0) is 27.9 Å². The van der Waals surface area contributed by atoms with Crippen LogP contribution in [0, 0.1) is 0 Å². The van der Waals surface area contributed by atoms with Gasteiger partial charge in [-0.3, -0.25) is 0 Å². The van der Waals surface area contributed by atoms with Crippen molar-refractivity contribution in [1.82, 2.24) is 0 Å². The summed E-state index contributed by atoms with van der Waals surface area (Å²) in [6.45, 7) is 3.34. The van der Waals surface area contributed by atoms with Crippen molar-refractivity contribution < 1.29 is 14.3 Å². The van der Waals surface area contributed by atoms with Crippen molar-refractivity contribution in [2.75, 3.05) is 13.2 Å². The zero-order valence-corrected chi connectivity index (χ0v) is 11.3. The summed E-state index contributed by atoms with van der Waals surface area (Å²) >= 11 is 3.46. The van der Waals surface area contributed by atoms with Gasteiger partial charge in [0, 0.05) is 18.4 Å². The molecule has 0 saturated carbocycles. The second-order valence-corrected chi connectivity index (χ2v) is 5.00. The largest absolute Gasteiger partial charge is 0.489 e. The fourth-order valence-electron chi connectivity index (χ4n) is 1.90. The normalized spacial score (nSPS) is 16.1. The lowest BCUT2D eigenvalue weighted by Crippen LogP contribution is -2.02. The van der Waals surface area contributed by atoms with E-state index in [2.05, 4.69) is 15.9 Å². The molecule has 3 nitrogen and oxygen atoms in total. The number of benzene rings is 1. The average Bonchev–Trinajstić information content (AvgIpc) is 2.56. The third-order valence-electron chi connectivity index (χ3n) is 2.86. The number of rotatable bonds is 3. The lowest BCUT2D eigenvalue weighted by molar-refractivity contribution is -0.108. The number of ether oxygens (including phenoxy) is 2. The highest BCUT2D eigenvalue weighted by molar-refractivity contribution is 9.10. The van der Waals surface area contributed by atoms with Gasteiger partial charge in [-0.25, -0.2) is 0 Å². The predicted molar refractivity (Wildman–Crippen MR) is 68.8 cm³/mol. The van der Waals surface area contributed by atoms with E-state index in [0.29, 0.717) is 19.6 Å². The van der Waals surface area contributed by atoms with Crippen molar-refractivity contribution in [3.05, 3.63) is 22.2 Å². The monoisotopic (exact) mass is 298 g/mol. The topological polar surface area (TPSA) is 35.5 Å². The van der Waals surface area contributed by atoms with Gasteiger partial charge in [-0.1, -0.05) is 13.0 Å². The van der Waals surface area contributed by atoms with E-state index in [9.17, 15) is 4.79 Å². The van der Waals surface area contributed by atoms with Crippen LogP contribution in [-0.2, 0) is 4.79 Å². The van der Waals surface area contributed by atoms with Crippen molar-refractivity contribution in [2.24, 2.45) is 0 Å². The van der Waals surface area contributed by atoms with Crippen LogP contribution < -0.4 is 9.47 Å². The van der Waals surface area contributed by atoms with Crippen LogP contribution in [0.4, 0.5) is 0 Å². The first kappa shape index (κ1) is 12.4.